The van der Waals surface area contributed by atoms with Crippen molar-refractivity contribution in [2.24, 2.45) is 0 Å². The van der Waals surface area contributed by atoms with E-state index in [0.29, 0.717) is 39.5 Å². The number of rotatable bonds is 7. The Morgan fingerprint density at radius 2 is 1.65 bits per heavy atom. The van der Waals surface area contributed by atoms with Gasteiger partial charge in [-0.2, -0.15) is 0 Å². The first kappa shape index (κ1) is 20.7. The molecule has 0 spiro atoms. The molecular weight excluding hydrogens is 416 g/mol. The molecule has 0 fully saturated rings. The molecule has 0 aliphatic heterocycles. The number of halogens is 1. The van der Waals surface area contributed by atoms with Crippen molar-refractivity contribution in [1.82, 2.24) is 0 Å². The van der Waals surface area contributed by atoms with Gasteiger partial charge in [-0.25, -0.2) is 0 Å². The second-order valence-electron chi connectivity index (χ2n) is 6.73. The van der Waals surface area contributed by atoms with Gasteiger partial charge in [0.25, 0.3) is 0 Å². The number of ether oxygens (including phenoxy) is 2. The minimum absolute atomic E-state index is 0.0499. The van der Waals surface area contributed by atoms with E-state index in [1.54, 1.807) is 72.8 Å². The van der Waals surface area contributed by atoms with Gasteiger partial charge in [-0.05, 0) is 55.5 Å². The monoisotopic (exact) mass is 434 g/mol. The predicted molar refractivity (Wildman–Crippen MR) is 120 cm³/mol. The first-order valence-corrected chi connectivity index (χ1v) is 10.2. The van der Waals surface area contributed by atoms with Gasteiger partial charge in [-0.1, -0.05) is 35.9 Å². The molecule has 4 aromatic rings. The van der Waals surface area contributed by atoms with Crippen LogP contribution in [0.3, 0.4) is 0 Å². The van der Waals surface area contributed by atoms with E-state index in [2.05, 4.69) is 0 Å². The van der Waals surface area contributed by atoms with Gasteiger partial charge in [-0.3, -0.25) is 9.59 Å². The van der Waals surface area contributed by atoms with Gasteiger partial charge in [0.1, 0.15) is 11.3 Å². The molecule has 0 aliphatic carbocycles. The first-order valence-electron chi connectivity index (χ1n) is 9.78. The van der Waals surface area contributed by atoms with E-state index in [9.17, 15) is 9.59 Å². The van der Waals surface area contributed by atoms with E-state index in [1.165, 1.54) is 0 Å². The third-order valence-electron chi connectivity index (χ3n) is 4.71. The largest absolute Gasteiger partial charge is 0.494 e. The fourth-order valence-corrected chi connectivity index (χ4v) is 3.43. The summed E-state index contributed by atoms with van der Waals surface area (Å²) in [6.45, 7) is 2.10. The summed E-state index contributed by atoms with van der Waals surface area (Å²) in [4.78, 5) is 25.8. The van der Waals surface area contributed by atoms with Gasteiger partial charge in [0.2, 0.25) is 11.2 Å². The van der Waals surface area contributed by atoms with E-state index >= 15 is 0 Å². The molecule has 0 atom stereocenters. The SMILES string of the molecule is CCOc1ccc(C(=O)COc2c(-c3ccccc3Cl)oc3ccccc3c2=O)cc1. The molecule has 6 heteroatoms. The second kappa shape index (κ2) is 9.06. The number of hydrogen-bond acceptors (Lipinski definition) is 5. The van der Waals surface area contributed by atoms with Crippen molar-refractivity contribution < 1.29 is 18.7 Å². The third-order valence-corrected chi connectivity index (χ3v) is 5.04. The van der Waals surface area contributed by atoms with Gasteiger partial charge < -0.3 is 13.9 Å². The molecule has 0 aliphatic rings. The number of carbonyl (C=O) groups is 1. The topological polar surface area (TPSA) is 65.7 Å². The number of ketones is 1. The van der Waals surface area contributed by atoms with Crippen LogP contribution in [0.25, 0.3) is 22.3 Å². The van der Waals surface area contributed by atoms with Crippen LogP contribution in [0.1, 0.15) is 17.3 Å². The molecule has 1 aromatic heterocycles. The lowest BCUT2D eigenvalue weighted by Gasteiger charge is -2.12. The molecule has 4 rings (SSSR count). The van der Waals surface area contributed by atoms with Crippen LogP contribution in [0.4, 0.5) is 0 Å². The van der Waals surface area contributed by atoms with Gasteiger partial charge in [0.05, 0.1) is 17.0 Å². The quantitative estimate of drug-likeness (QED) is 0.345. The van der Waals surface area contributed by atoms with E-state index in [0.717, 1.165) is 0 Å². The van der Waals surface area contributed by atoms with Crippen LogP contribution in [0.5, 0.6) is 11.5 Å². The lowest BCUT2D eigenvalue weighted by molar-refractivity contribution is 0.0920. The molecule has 0 amide bonds. The number of hydrogen-bond donors (Lipinski definition) is 0. The summed E-state index contributed by atoms with van der Waals surface area (Å²) in [5.74, 6) is 0.539. The summed E-state index contributed by atoms with van der Waals surface area (Å²) >= 11 is 6.34. The molecule has 0 saturated carbocycles. The normalized spacial score (nSPS) is 10.8. The van der Waals surface area contributed by atoms with Gasteiger partial charge in [-0.15, -0.1) is 0 Å². The maximum Gasteiger partial charge on any atom is 0.235 e. The Kier molecular flexibility index (Phi) is 6.05. The molecule has 0 bridgehead atoms. The van der Waals surface area contributed by atoms with Crippen LogP contribution in [-0.4, -0.2) is 19.0 Å². The summed E-state index contributed by atoms with van der Waals surface area (Å²) < 4.78 is 17.1. The summed E-state index contributed by atoms with van der Waals surface area (Å²) in [6.07, 6.45) is 0. The number of benzene rings is 3. The molecule has 0 unspecified atom stereocenters. The Bertz CT molecular complexity index is 1290. The highest BCUT2D eigenvalue weighted by Crippen LogP contribution is 2.35. The molecule has 0 radical (unpaired) electrons. The van der Waals surface area contributed by atoms with Crippen LogP contribution >= 0.6 is 11.6 Å². The minimum Gasteiger partial charge on any atom is -0.494 e. The maximum atomic E-state index is 13.1. The minimum atomic E-state index is -0.365. The third kappa shape index (κ3) is 4.32. The number of carbonyl (C=O) groups excluding carboxylic acids is 1. The van der Waals surface area contributed by atoms with Crippen LogP contribution in [-0.2, 0) is 0 Å². The lowest BCUT2D eigenvalue weighted by Crippen LogP contribution is -2.17. The fraction of sp³-hybridized carbons (Fsp3) is 0.120. The predicted octanol–water partition coefficient (Wildman–Crippen LogP) is 5.77. The lowest BCUT2D eigenvalue weighted by atomic mass is 10.1. The van der Waals surface area contributed by atoms with E-state index < -0.39 is 0 Å². The zero-order chi connectivity index (χ0) is 21.8. The van der Waals surface area contributed by atoms with E-state index in [-0.39, 0.29) is 29.3 Å². The van der Waals surface area contributed by atoms with Gasteiger partial charge in [0.15, 0.2) is 18.2 Å². The summed E-state index contributed by atoms with van der Waals surface area (Å²) in [5.41, 5.74) is 1.01. The highest BCUT2D eigenvalue weighted by atomic mass is 35.5. The van der Waals surface area contributed by atoms with E-state index in [4.69, 9.17) is 25.5 Å². The smallest absolute Gasteiger partial charge is 0.235 e. The van der Waals surface area contributed by atoms with E-state index in [1.807, 2.05) is 6.92 Å². The van der Waals surface area contributed by atoms with Crippen molar-refractivity contribution >= 4 is 28.4 Å². The highest BCUT2D eigenvalue weighted by Gasteiger charge is 2.20. The van der Waals surface area contributed by atoms with Crippen LogP contribution < -0.4 is 14.9 Å². The van der Waals surface area contributed by atoms with Crippen LogP contribution in [0.2, 0.25) is 5.02 Å². The molecule has 31 heavy (non-hydrogen) atoms. The van der Waals surface area contributed by atoms with Crippen molar-refractivity contribution in [3.05, 3.63) is 93.6 Å². The first-order chi connectivity index (χ1) is 15.1. The highest BCUT2D eigenvalue weighted by molar-refractivity contribution is 6.33. The van der Waals surface area contributed by atoms with Gasteiger partial charge >= 0.3 is 0 Å². The average Bonchev–Trinajstić information content (AvgIpc) is 2.79. The Hall–Kier alpha value is -3.57. The maximum absolute atomic E-state index is 13.1. The van der Waals surface area contributed by atoms with Crippen molar-refractivity contribution in [2.75, 3.05) is 13.2 Å². The zero-order valence-electron chi connectivity index (χ0n) is 16.8. The van der Waals surface area contributed by atoms with Crippen molar-refractivity contribution in [3.8, 4) is 22.8 Å². The summed E-state index contributed by atoms with van der Waals surface area (Å²) in [6, 6.07) is 20.6. The standard InChI is InChI=1S/C25H19ClO5/c1-2-29-17-13-11-16(12-14-17)21(27)15-30-25-23(28)19-8-4-6-10-22(19)31-24(25)18-7-3-5-9-20(18)26/h3-14H,2,15H2,1H3. The van der Waals surface area contributed by atoms with Gasteiger partial charge in [0, 0.05) is 11.1 Å². The molecule has 156 valence electrons. The van der Waals surface area contributed by atoms with Crippen molar-refractivity contribution in [3.63, 3.8) is 0 Å². The Morgan fingerprint density at radius 1 is 0.935 bits per heavy atom. The Morgan fingerprint density at radius 3 is 2.39 bits per heavy atom. The molecule has 5 nitrogen and oxygen atoms in total. The molecule has 0 saturated heterocycles. The van der Waals surface area contributed by atoms with Crippen LogP contribution in [0.15, 0.2) is 82.0 Å². The summed E-state index contributed by atoms with van der Waals surface area (Å²) in [5, 5.41) is 0.769. The zero-order valence-corrected chi connectivity index (χ0v) is 17.5. The molecule has 1 heterocycles. The number of Topliss-reactive ketones (excluding diaryl/α,β-unsaturated/α-hetero) is 1. The van der Waals surface area contributed by atoms with Crippen LogP contribution in [0, 0.1) is 0 Å². The fourth-order valence-electron chi connectivity index (χ4n) is 3.20. The number of para-hydroxylation sites is 1. The van der Waals surface area contributed by atoms with Crippen molar-refractivity contribution in [1.29, 1.82) is 0 Å². The van der Waals surface area contributed by atoms with Crippen molar-refractivity contribution in [2.45, 2.75) is 6.92 Å². The molecule has 0 N–H and O–H groups in total. The molecular formula is C25H19ClO5. The summed E-state index contributed by atoms with van der Waals surface area (Å²) in [7, 11) is 0. The number of fused-ring (bicyclic) bond motifs is 1. The molecule has 3 aromatic carbocycles. The second-order valence-corrected chi connectivity index (χ2v) is 7.14. The Labute approximate surface area is 183 Å². The Balaban J connectivity index is 1.70. The average molecular weight is 435 g/mol.